The summed E-state index contributed by atoms with van der Waals surface area (Å²) in [6, 6.07) is 18.5. The molecule has 4 nitrogen and oxygen atoms in total. The first-order valence-corrected chi connectivity index (χ1v) is 10.6. The Balaban J connectivity index is 1.60. The SMILES string of the molecule is CCN(CC)C(C(=O)NCc1ccc(CN2CCCC2)cc1)c1ccccc1. The third-order valence-corrected chi connectivity index (χ3v) is 5.64. The van der Waals surface area contributed by atoms with E-state index in [1.807, 2.05) is 30.3 Å². The Bertz CT molecular complexity index is 719. The predicted octanol–water partition coefficient (Wildman–Crippen LogP) is 3.98. The summed E-state index contributed by atoms with van der Waals surface area (Å²) in [7, 11) is 0. The lowest BCUT2D eigenvalue weighted by Crippen LogP contribution is -2.40. The molecule has 1 amide bonds. The summed E-state index contributed by atoms with van der Waals surface area (Å²) in [6.07, 6.45) is 2.64. The average molecular weight is 380 g/mol. The van der Waals surface area contributed by atoms with Crippen molar-refractivity contribution < 1.29 is 4.79 Å². The van der Waals surface area contributed by atoms with E-state index < -0.39 is 0 Å². The molecule has 28 heavy (non-hydrogen) atoms. The van der Waals surface area contributed by atoms with Crippen LogP contribution in [0.1, 0.15) is 49.4 Å². The Kier molecular flexibility index (Phi) is 7.63. The van der Waals surface area contributed by atoms with Crippen molar-refractivity contribution in [2.75, 3.05) is 26.2 Å². The molecule has 1 fully saturated rings. The zero-order valence-corrected chi connectivity index (χ0v) is 17.2. The van der Waals surface area contributed by atoms with Crippen molar-refractivity contribution in [2.45, 2.75) is 45.8 Å². The third kappa shape index (κ3) is 5.43. The van der Waals surface area contributed by atoms with Gasteiger partial charge >= 0.3 is 0 Å². The van der Waals surface area contributed by atoms with Gasteiger partial charge in [0.25, 0.3) is 0 Å². The van der Waals surface area contributed by atoms with Crippen molar-refractivity contribution in [3.63, 3.8) is 0 Å². The molecular weight excluding hydrogens is 346 g/mol. The van der Waals surface area contributed by atoms with Crippen LogP contribution in [0.4, 0.5) is 0 Å². The van der Waals surface area contributed by atoms with Crippen LogP contribution in [0, 0.1) is 0 Å². The summed E-state index contributed by atoms with van der Waals surface area (Å²) in [5, 5.41) is 3.15. The van der Waals surface area contributed by atoms with Gasteiger partial charge in [0.2, 0.25) is 5.91 Å². The summed E-state index contributed by atoms with van der Waals surface area (Å²) >= 11 is 0. The lowest BCUT2D eigenvalue weighted by molar-refractivity contribution is -0.126. The summed E-state index contributed by atoms with van der Waals surface area (Å²) in [6.45, 7) is 9.91. The quantitative estimate of drug-likeness (QED) is 0.716. The van der Waals surface area contributed by atoms with Crippen molar-refractivity contribution in [1.29, 1.82) is 0 Å². The number of carbonyl (C=O) groups excluding carboxylic acids is 1. The summed E-state index contributed by atoms with van der Waals surface area (Å²) in [5.41, 5.74) is 3.54. The van der Waals surface area contributed by atoms with Gasteiger partial charge in [-0.2, -0.15) is 0 Å². The van der Waals surface area contributed by atoms with Crippen LogP contribution in [-0.4, -0.2) is 41.9 Å². The molecule has 1 atom stereocenters. The molecule has 3 rings (SSSR count). The number of likely N-dealkylation sites (N-methyl/N-ethyl adjacent to an activating group) is 1. The molecule has 1 aliphatic rings. The highest BCUT2D eigenvalue weighted by Gasteiger charge is 2.25. The van der Waals surface area contributed by atoms with E-state index in [1.54, 1.807) is 0 Å². The van der Waals surface area contributed by atoms with Crippen LogP contribution in [0.3, 0.4) is 0 Å². The van der Waals surface area contributed by atoms with E-state index in [-0.39, 0.29) is 11.9 Å². The highest BCUT2D eigenvalue weighted by Crippen LogP contribution is 2.21. The number of likely N-dealkylation sites (tertiary alicyclic amines) is 1. The number of amides is 1. The molecule has 0 aliphatic carbocycles. The Morgan fingerprint density at radius 2 is 1.57 bits per heavy atom. The summed E-state index contributed by atoms with van der Waals surface area (Å²) in [4.78, 5) is 17.7. The van der Waals surface area contributed by atoms with Gasteiger partial charge in [-0.15, -0.1) is 0 Å². The Hall–Kier alpha value is -2.17. The fourth-order valence-electron chi connectivity index (χ4n) is 4.00. The maximum atomic E-state index is 13.0. The number of nitrogens with zero attached hydrogens (tertiary/aromatic N) is 2. The lowest BCUT2D eigenvalue weighted by Gasteiger charge is -2.29. The van der Waals surface area contributed by atoms with Crippen molar-refractivity contribution in [3.05, 3.63) is 71.3 Å². The smallest absolute Gasteiger partial charge is 0.242 e. The molecule has 0 bridgehead atoms. The molecule has 1 unspecified atom stereocenters. The van der Waals surface area contributed by atoms with Gasteiger partial charge in [-0.1, -0.05) is 68.4 Å². The van der Waals surface area contributed by atoms with Crippen LogP contribution in [0.5, 0.6) is 0 Å². The third-order valence-electron chi connectivity index (χ3n) is 5.64. The van der Waals surface area contributed by atoms with E-state index in [2.05, 4.69) is 53.2 Å². The van der Waals surface area contributed by atoms with Crippen molar-refractivity contribution >= 4 is 5.91 Å². The highest BCUT2D eigenvalue weighted by atomic mass is 16.2. The van der Waals surface area contributed by atoms with E-state index in [1.165, 1.54) is 31.5 Å². The Morgan fingerprint density at radius 3 is 2.18 bits per heavy atom. The second kappa shape index (κ2) is 10.4. The molecule has 0 radical (unpaired) electrons. The molecule has 1 saturated heterocycles. The van der Waals surface area contributed by atoms with E-state index >= 15 is 0 Å². The number of hydrogen-bond acceptors (Lipinski definition) is 3. The second-order valence-corrected chi connectivity index (χ2v) is 7.55. The van der Waals surface area contributed by atoms with Crippen LogP contribution >= 0.6 is 0 Å². The Morgan fingerprint density at radius 1 is 0.964 bits per heavy atom. The van der Waals surface area contributed by atoms with E-state index in [4.69, 9.17) is 0 Å². The molecule has 2 aromatic rings. The number of benzene rings is 2. The van der Waals surface area contributed by atoms with Crippen LogP contribution in [0.2, 0.25) is 0 Å². The molecule has 1 heterocycles. The first-order chi connectivity index (χ1) is 13.7. The maximum Gasteiger partial charge on any atom is 0.242 e. The van der Waals surface area contributed by atoms with Crippen molar-refractivity contribution in [1.82, 2.24) is 15.1 Å². The van der Waals surface area contributed by atoms with Crippen LogP contribution in [0.15, 0.2) is 54.6 Å². The van der Waals surface area contributed by atoms with Gasteiger partial charge in [0, 0.05) is 13.1 Å². The lowest BCUT2D eigenvalue weighted by atomic mass is 10.0. The molecule has 4 heteroatoms. The summed E-state index contributed by atoms with van der Waals surface area (Å²) < 4.78 is 0. The van der Waals surface area contributed by atoms with Gasteiger partial charge in [0.05, 0.1) is 0 Å². The molecule has 1 N–H and O–H groups in total. The first kappa shape index (κ1) is 20.6. The van der Waals surface area contributed by atoms with E-state index in [9.17, 15) is 4.79 Å². The van der Waals surface area contributed by atoms with E-state index in [0.29, 0.717) is 6.54 Å². The molecular formula is C24H33N3O. The zero-order valence-electron chi connectivity index (χ0n) is 17.2. The number of carbonyl (C=O) groups is 1. The minimum absolute atomic E-state index is 0.0658. The largest absolute Gasteiger partial charge is 0.350 e. The summed E-state index contributed by atoms with van der Waals surface area (Å²) in [5.74, 6) is 0.0658. The van der Waals surface area contributed by atoms with Gasteiger partial charge in [-0.3, -0.25) is 14.6 Å². The molecule has 0 saturated carbocycles. The fraction of sp³-hybridized carbons (Fsp3) is 0.458. The molecule has 150 valence electrons. The number of hydrogen-bond donors (Lipinski definition) is 1. The van der Waals surface area contributed by atoms with Gasteiger partial charge in [0.1, 0.15) is 6.04 Å². The molecule has 0 aromatic heterocycles. The fourth-order valence-corrected chi connectivity index (χ4v) is 4.00. The van der Waals surface area contributed by atoms with Gasteiger partial charge < -0.3 is 5.32 Å². The molecule has 0 spiro atoms. The van der Waals surface area contributed by atoms with E-state index in [0.717, 1.165) is 30.8 Å². The van der Waals surface area contributed by atoms with Crippen molar-refractivity contribution in [2.24, 2.45) is 0 Å². The topological polar surface area (TPSA) is 35.6 Å². The average Bonchev–Trinajstić information content (AvgIpc) is 3.25. The second-order valence-electron chi connectivity index (χ2n) is 7.55. The zero-order chi connectivity index (χ0) is 19.8. The minimum atomic E-state index is -0.245. The maximum absolute atomic E-state index is 13.0. The minimum Gasteiger partial charge on any atom is -0.350 e. The highest BCUT2D eigenvalue weighted by molar-refractivity contribution is 5.83. The molecule has 1 aliphatic heterocycles. The Labute approximate surface area is 169 Å². The van der Waals surface area contributed by atoms with Gasteiger partial charge in [-0.05, 0) is 55.7 Å². The van der Waals surface area contributed by atoms with Crippen molar-refractivity contribution in [3.8, 4) is 0 Å². The van der Waals surface area contributed by atoms with Gasteiger partial charge in [-0.25, -0.2) is 0 Å². The van der Waals surface area contributed by atoms with Gasteiger partial charge in [0.15, 0.2) is 0 Å². The number of nitrogens with one attached hydrogen (secondary N) is 1. The number of rotatable bonds is 9. The first-order valence-electron chi connectivity index (χ1n) is 10.6. The molecule has 2 aromatic carbocycles. The van der Waals surface area contributed by atoms with Crippen LogP contribution in [0.25, 0.3) is 0 Å². The van der Waals surface area contributed by atoms with Crippen LogP contribution in [-0.2, 0) is 17.9 Å². The van der Waals surface area contributed by atoms with Crippen LogP contribution < -0.4 is 5.32 Å². The monoisotopic (exact) mass is 379 g/mol. The predicted molar refractivity (Wildman–Crippen MR) is 115 cm³/mol. The normalized spacial score (nSPS) is 15.7. The standard InChI is InChI=1S/C24H33N3O/c1-3-27(4-2)23(22-10-6-5-7-11-22)24(28)25-18-20-12-14-21(15-13-20)19-26-16-8-9-17-26/h5-7,10-15,23H,3-4,8-9,16-19H2,1-2H3,(H,25,28).